The number of nitrogens with zero attached hydrogens (tertiary/aromatic N) is 1. The minimum Gasteiger partial charge on any atom is -0.423 e. The minimum absolute atomic E-state index is 0.0911. The number of carbonyl (C=O) groups excluding carboxylic acids is 2. The van der Waals surface area contributed by atoms with E-state index in [1.54, 1.807) is 30.5 Å². The zero-order valence-corrected chi connectivity index (χ0v) is 20.2. The summed E-state index contributed by atoms with van der Waals surface area (Å²) in [6.45, 7) is 4.29. The Hall–Kier alpha value is -4.25. The van der Waals surface area contributed by atoms with Crippen LogP contribution in [0.1, 0.15) is 54.1 Å². The first-order valence-electron chi connectivity index (χ1n) is 12.2. The molecule has 6 rings (SSSR count). The molecule has 0 spiro atoms. The van der Waals surface area contributed by atoms with Crippen LogP contribution < -0.4 is 10.1 Å². The van der Waals surface area contributed by atoms with Crippen LogP contribution in [0.15, 0.2) is 96.5 Å². The van der Waals surface area contributed by atoms with Crippen LogP contribution in [0.25, 0.3) is 10.8 Å². The first-order valence-corrected chi connectivity index (χ1v) is 12.2. The fraction of sp³-hybridized carbons (Fsp3) is 0.194. The number of esters is 1. The summed E-state index contributed by atoms with van der Waals surface area (Å²) >= 11 is 0. The molecule has 36 heavy (non-hydrogen) atoms. The van der Waals surface area contributed by atoms with Gasteiger partial charge in [0.05, 0.1) is 5.56 Å². The van der Waals surface area contributed by atoms with Crippen molar-refractivity contribution in [3.8, 4) is 5.75 Å². The van der Waals surface area contributed by atoms with E-state index in [-0.39, 0.29) is 17.1 Å². The highest BCUT2D eigenvalue weighted by atomic mass is 16.5. The van der Waals surface area contributed by atoms with Crippen LogP contribution in [0, 0.1) is 5.41 Å². The number of ketones is 1. The average molecular weight is 475 g/mol. The second kappa shape index (κ2) is 8.45. The third-order valence-electron chi connectivity index (χ3n) is 7.07. The van der Waals surface area contributed by atoms with E-state index in [1.165, 1.54) is 6.20 Å². The number of anilines is 1. The van der Waals surface area contributed by atoms with E-state index in [0.29, 0.717) is 17.7 Å². The van der Waals surface area contributed by atoms with Crippen molar-refractivity contribution in [3.63, 3.8) is 0 Å². The lowest BCUT2D eigenvalue weighted by Crippen LogP contribution is -2.33. The largest absolute Gasteiger partial charge is 0.423 e. The number of nitrogens with one attached hydrogen (secondary N) is 1. The highest BCUT2D eigenvalue weighted by molar-refractivity contribution is 6.04. The molecule has 1 aliphatic carbocycles. The fourth-order valence-electron chi connectivity index (χ4n) is 5.51. The van der Waals surface area contributed by atoms with Crippen LogP contribution >= 0.6 is 0 Å². The first kappa shape index (κ1) is 22.2. The van der Waals surface area contributed by atoms with E-state index in [1.807, 2.05) is 24.3 Å². The molecular weight excluding hydrogens is 448 g/mol. The van der Waals surface area contributed by atoms with E-state index in [0.717, 1.165) is 45.3 Å². The third kappa shape index (κ3) is 3.87. The van der Waals surface area contributed by atoms with Gasteiger partial charge in [-0.15, -0.1) is 0 Å². The Morgan fingerprint density at radius 3 is 2.56 bits per heavy atom. The lowest BCUT2D eigenvalue weighted by atomic mass is 9.68. The van der Waals surface area contributed by atoms with Crippen molar-refractivity contribution in [2.45, 2.75) is 32.6 Å². The molecule has 5 heteroatoms. The Labute approximate surface area is 209 Å². The molecule has 178 valence electrons. The van der Waals surface area contributed by atoms with E-state index in [9.17, 15) is 9.59 Å². The fourth-order valence-corrected chi connectivity index (χ4v) is 5.51. The number of rotatable bonds is 3. The molecule has 3 aromatic carbocycles. The molecular formula is C31H26N2O3. The molecule has 1 aliphatic heterocycles. The normalized spacial score (nSPS) is 18.3. The standard InChI is InChI=1S/C31H26N2O3/c1-31(2)16-25-29(26(34)17-31)27(28-23-8-4-3-6-19(23)11-14-24(28)33-25)20-9-12-22(13-10-20)36-30(35)21-7-5-15-32-18-21/h3-15,18,27,33H,16-17H2,1-2H3. The van der Waals surface area contributed by atoms with Crippen LogP contribution in [-0.4, -0.2) is 16.7 Å². The van der Waals surface area contributed by atoms with Gasteiger partial charge in [-0.05, 0) is 64.1 Å². The van der Waals surface area contributed by atoms with Crippen molar-refractivity contribution >= 4 is 28.2 Å². The summed E-state index contributed by atoms with van der Waals surface area (Å²) in [5.41, 5.74) is 5.30. The van der Waals surface area contributed by atoms with E-state index in [4.69, 9.17) is 4.74 Å². The lowest BCUT2D eigenvalue weighted by molar-refractivity contribution is -0.118. The van der Waals surface area contributed by atoms with Crippen molar-refractivity contribution in [3.05, 3.63) is 113 Å². The number of pyridine rings is 1. The maximum Gasteiger partial charge on any atom is 0.345 e. The maximum absolute atomic E-state index is 13.6. The van der Waals surface area contributed by atoms with Gasteiger partial charge < -0.3 is 10.1 Å². The highest BCUT2D eigenvalue weighted by Gasteiger charge is 2.41. The molecule has 4 aromatic rings. The predicted octanol–water partition coefficient (Wildman–Crippen LogP) is 6.65. The summed E-state index contributed by atoms with van der Waals surface area (Å²) in [4.78, 5) is 30.0. The summed E-state index contributed by atoms with van der Waals surface area (Å²) in [6, 6.07) is 23.4. The molecule has 1 atom stereocenters. The number of allylic oxidation sites excluding steroid dienone is 2. The average Bonchev–Trinajstić information content (AvgIpc) is 2.87. The Bertz CT molecular complexity index is 1540. The van der Waals surface area contributed by atoms with Crippen LogP contribution in [0.5, 0.6) is 5.75 Å². The van der Waals surface area contributed by atoms with Crippen molar-refractivity contribution < 1.29 is 14.3 Å². The Morgan fingerprint density at radius 2 is 1.78 bits per heavy atom. The van der Waals surface area contributed by atoms with Gasteiger partial charge in [0.1, 0.15) is 5.75 Å². The molecule has 0 amide bonds. The van der Waals surface area contributed by atoms with Gasteiger partial charge in [0, 0.05) is 41.7 Å². The number of benzene rings is 3. The van der Waals surface area contributed by atoms with Crippen molar-refractivity contribution in [2.24, 2.45) is 5.41 Å². The molecule has 0 radical (unpaired) electrons. The van der Waals surface area contributed by atoms with Crippen molar-refractivity contribution in [1.82, 2.24) is 4.98 Å². The zero-order valence-electron chi connectivity index (χ0n) is 20.2. The number of hydrogen-bond donors (Lipinski definition) is 1. The number of Topliss-reactive ketones (excluding diaryl/α,β-unsaturated/α-hetero) is 1. The van der Waals surface area contributed by atoms with E-state index < -0.39 is 5.97 Å². The SMILES string of the molecule is CC1(C)CC(=O)C2=C(C1)Nc1ccc3ccccc3c1C2c1ccc(OC(=O)c2cccnc2)cc1. The monoisotopic (exact) mass is 474 g/mol. The topological polar surface area (TPSA) is 68.3 Å². The van der Waals surface area contributed by atoms with Crippen LogP contribution in [0.2, 0.25) is 0 Å². The maximum atomic E-state index is 13.6. The molecule has 0 saturated carbocycles. The molecule has 1 aromatic heterocycles. The summed E-state index contributed by atoms with van der Waals surface area (Å²) < 4.78 is 5.57. The van der Waals surface area contributed by atoms with E-state index >= 15 is 0 Å². The number of hydrogen-bond acceptors (Lipinski definition) is 5. The number of fused-ring (bicyclic) bond motifs is 3. The van der Waals surface area contributed by atoms with Gasteiger partial charge in [0.2, 0.25) is 0 Å². The molecule has 5 nitrogen and oxygen atoms in total. The zero-order chi connectivity index (χ0) is 24.9. The number of carbonyl (C=O) groups is 2. The molecule has 0 saturated heterocycles. The minimum atomic E-state index is -0.455. The molecule has 0 bridgehead atoms. The van der Waals surface area contributed by atoms with Crippen molar-refractivity contribution in [2.75, 3.05) is 5.32 Å². The van der Waals surface area contributed by atoms with Crippen LogP contribution in [0.3, 0.4) is 0 Å². The summed E-state index contributed by atoms with van der Waals surface area (Å²) in [7, 11) is 0. The second-order valence-corrected chi connectivity index (χ2v) is 10.3. The Kier molecular flexibility index (Phi) is 5.22. The highest BCUT2D eigenvalue weighted by Crippen LogP contribution is 2.50. The Balaban J connectivity index is 1.44. The predicted molar refractivity (Wildman–Crippen MR) is 140 cm³/mol. The summed E-state index contributed by atoms with van der Waals surface area (Å²) in [5.74, 6) is -0.0211. The second-order valence-electron chi connectivity index (χ2n) is 10.3. The lowest BCUT2D eigenvalue weighted by Gasteiger charge is -2.40. The summed E-state index contributed by atoms with van der Waals surface area (Å²) in [6.07, 6.45) is 4.43. The van der Waals surface area contributed by atoms with Crippen molar-refractivity contribution in [1.29, 1.82) is 0 Å². The van der Waals surface area contributed by atoms with Gasteiger partial charge in [0.15, 0.2) is 5.78 Å². The molecule has 2 heterocycles. The van der Waals surface area contributed by atoms with Gasteiger partial charge in [-0.3, -0.25) is 9.78 Å². The number of ether oxygens (including phenoxy) is 1. The van der Waals surface area contributed by atoms with Gasteiger partial charge in [-0.1, -0.05) is 56.3 Å². The third-order valence-corrected chi connectivity index (χ3v) is 7.07. The Morgan fingerprint density at radius 1 is 0.972 bits per heavy atom. The quantitative estimate of drug-likeness (QED) is 0.266. The first-order chi connectivity index (χ1) is 17.4. The van der Waals surface area contributed by atoms with E-state index in [2.05, 4.69) is 48.4 Å². The molecule has 1 unspecified atom stereocenters. The molecule has 1 N–H and O–H groups in total. The van der Waals surface area contributed by atoms with Crippen LogP contribution in [0.4, 0.5) is 5.69 Å². The van der Waals surface area contributed by atoms with Crippen LogP contribution in [-0.2, 0) is 4.79 Å². The van der Waals surface area contributed by atoms with Gasteiger partial charge in [-0.2, -0.15) is 0 Å². The summed E-state index contributed by atoms with van der Waals surface area (Å²) in [5, 5.41) is 5.88. The molecule has 0 fully saturated rings. The van der Waals surface area contributed by atoms with Gasteiger partial charge in [0.25, 0.3) is 0 Å². The van der Waals surface area contributed by atoms with Gasteiger partial charge >= 0.3 is 5.97 Å². The molecule has 2 aliphatic rings. The number of aromatic nitrogens is 1. The smallest absolute Gasteiger partial charge is 0.345 e. The van der Waals surface area contributed by atoms with Gasteiger partial charge in [-0.25, -0.2) is 4.79 Å².